The number of benzene rings is 1. The van der Waals surface area contributed by atoms with Crippen molar-refractivity contribution in [3.63, 3.8) is 0 Å². The van der Waals surface area contributed by atoms with E-state index in [4.69, 9.17) is 15.3 Å². The molecule has 0 amide bonds. The first-order valence-electron chi connectivity index (χ1n) is 6.89. The van der Waals surface area contributed by atoms with Crippen LogP contribution in [0.5, 0.6) is 5.75 Å². The standard InChI is InChI=1S/C17H18N4O/c1-20(2)10-14-11-21(12-17(14)13(8-18)9-19)15-5-4-6-16(7-15)22-3/h4-7,10H,11-12H2,1-3H3. The van der Waals surface area contributed by atoms with Crippen LogP contribution in [0.2, 0.25) is 0 Å². The first kappa shape index (κ1) is 15.5. The highest BCUT2D eigenvalue weighted by atomic mass is 16.5. The average Bonchev–Trinajstić information content (AvgIpc) is 2.92. The molecule has 1 aliphatic rings. The van der Waals surface area contributed by atoms with E-state index in [0.717, 1.165) is 22.6 Å². The van der Waals surface area contributed by atoms with Crippen LogP contribution in [0.3, 0.4) is 0 Å². The zero-order chi connectivity index (χ0) is 16.1. The van der Waals surface area contributed by atoms with E-state index in [9.17, 15) is 0 Å². The van der Waals surface area contributed by atoms with Crippen LogP contribution in [0.1, 0.15) is 0 Å². The fraction of sp³-hybridized carbons (Fsp3) is 0.294. The molecule has 2 rings (SSSR count). The van der Waals surface area contributed by atoms with Gasteiger partial charge in [-0.05, 0) is 17.7 Å². The molecular formula is C17H18N4O. The molecule has 0 radical (unpaired) electrons. The second kappa shape index (κ2) is 6.69. The van der Waals surface area contributed by atoms with Gasteiger partial charge in [-0.15, -0.1) is 0 Å². The summed E-state index contributed by atoms with van der Waals surface area (Å²) < 4.78 is 5.26. The molecule has 1 aliphatic heterocycles. The predicted octanol–water partition coefficient (Wildman–Crippen LogP) is 2.30. The summed E-state index contributed by atoms with van der Waals surface area (Å²) in [6.07, 6.45) is 1.96. The molecule has 22 heavy (non-hydrogen) atoms. The molecule has 0 spiro atoms. The van der Waals surface area contributed by atoms with Crippen molar-refractivity contribution in [2.45, 2.75) is 0 Å². The van der Waals surface area contributed by atoms with E-state index in [1.54, 1.807) is 7.11 Å². The number of allylic oxidation sites excluding steroid dienone is 1. The van der Waals surface area contributed by atoms with Crippen molar-refractivity contribution in [3.05, 3.63) is 47.2 Å². The molecule has 0 unspecified atom stereocenters. The minimum Gasteiger partial charge on any atom is -0.497 e. The number of anilines is 1. The van der Waals surface area contributed by atoms with Crippen molar-refractivity contribution < 1.29 is 4.74 Å². The molecule has 5 nitrogen and oxygen atoms in total. The summed E-state index contributed by atoms with van der Waals surface area (Å²) in [5.41, 5.74) is 2.97. The molecule has 1 aromatic rings. The third-order valence-corrected chi connectivity index (χ3v) is 3.46. The van der Waals surface area contributed by atoms with E-state index in [1.807, 2.05) is 61.6 Å². The molecule has 1 fully saturated rings. The highest BCUT2D eigenvalue weighted by Gasteiger charge is 2.25. The zero-order valence-electron chi connectivity index (χ0n) is 13.0. The molecule has 1 aromatic carbocycles. The Labute approximate surface area is 130 Å². The number of hydrogen-bond acceptors (Lipinski definition) is 5. The molecule has 0 atom stereocenters. The van der Waals surface area contributed by atoms with Gasteiger partial charge in [-0.3, -0.25) is 0 Å². The normalized spacial score (nSPS) is 15.4. The molecule has 0 aliphatic carbocycles. The van der Waals surface area contributed by atoms with Gasteiger partial charge >= 0.3 is 0 Å². The van der Waals surface area contributed by atoms with E-state index < -0.39 is 0 Å². The maximum absolute atomic E-state index is 9.17. The largest absolute Gasteiger partial charge is 0.497 e. The van der Waals surface area contributed by atoms with E-state index in [1.165, 1.54) is 0 Å². The maximum Gasteiger partial charge on any atom is 0.135 e. The predicted molar refractivity (Wildman–Crippen MR) is 85.2 cm³/mol. The van der Waals surface area contributed by atoms with E-state index >= 15 is 0 Å². The van der Waals surface area contributed by atoms with Gasteiger partial charge in [-0.2, -0.15) is 10.5 Å². The van der Waals surface area contributed by atoms with Crippen LogP contribution in [0.15, 0.2) is 47.2 Å². The summed E-state index contributed by atoms with van der Waals surface area (Å²) >= 11 is 0. The summed E-state index contributed by atoms with van der Waals surface area (Å²) in [6.45, 7) is 1.21. The molecule has 0 saturated carbocycles. The van der Waals surface area contributed by atoms with Crippen molar-refractivity contribution in [3.8, 4) is 17.9 Å². The van der Waals surface area contributed by atoms with Gasteiger partial charge in [0.05, 0.1) is 7.11 Å². The molecule has 1 saturated heterocycles. The molecule has 1 heterocycles. The number of nitriles is 2. The van der Waals surface area contributed by atoms with Crippen LogP contribution in [0, 0.1) is 22.7 Å². The highest BCUT2D eigenvalue weighted by Crippen LogP contribution is 2.31. The zero-order valence-corrected chi connectivity index (χ0v) is 13.0. The Morgan fingerprint density at radius 3 is 2.59 bits per heavy atom. The number of rotatable bonds is 3. The van der Waals surface area contributed by atoms with Crippen LogP contribution >= 0.6 is 0 Å². The molecule has 5 heteroatoms. The summed E-state index contributed by atoms with van der Waals surface area (Å²) in [5.74, 6) is 0.786. The third-order valence-electron chi connectivity index (χ3n) is 3.46. The van der Waals surface area contributed by atoms with Gasteiger partial charge in [0.25, 0.3) is 0 Å². The minimum absolute atomic E-state index is 0.179. The van der Waals surface area contributed by atoms with Crippen molar-refractivity contribution in [2.75, 3.05) is 39.2 Å². The van der Waals surface area contributed by atoms with E-state index in [-0.39, 0.29) is 5.57 Å². The Balaban J connectivity index is 2.41. The van der Waals surface area contributed by atoms with Crippen LogP contribution < -0.4 is 9.64 Å². The smallest absolute Gasteiger partial charge is 0.135 e. The lowest BCUT2D eigenvalue weighted by Gasteiger charge is -2.17. The minimum atomic E-state index is 0.179. The Morgan fingerprint density at radius 1 is 1.27 bits per heavy atom. The Kier molecular flexibility index (Phi) is 4.70. The number of hydrogen-bond donors (Lipinski definition) is 0. The van der Waals surface area contributed by atoms with Crippen LogP contribution in [0.4, 0.5) is 5.69 Å². The van der Waals surface area contributed by atoms with Gasteiger partial charge in [-0.25, -0.2) is 0 Å². The summed E-state index contributed by atoms with van der Waals surface area (Å²) in [4.78, 5) is 4.05. The number of nitrogens with zero attached hydrogens (tertiary/aromatic N) is 4. The fourth-order valence-electron chi connectivity index (χ4n) is 2.47. The topological polar surface area (TPSA) is 63.3 Å². The maximum atomic E-state index is 9.17. The number of ether oxygens (including phenoxy) is 1. The molecule has 112 valence electrons. The van der Waals surface area contributed by atoms with Crippen molar-refractivity contribution in [2.24, 2.45) is 0 Å². The average molecular weight is 294 g/mol. The second-order valence-electron chi connectivity index (χ2n) is 5.25. The SMILES string of the molecule is COc1cccc(N2CC(=CN(C)C)C(=C(C#N)C#N)C2)c1. The lowest BCUT2D eigenvalue weighted by atomic mass is 10.1. The van der Waals surface area contributed by atoms with Crippen LogP contribution in [-0.4, -0.2) is 39.2 Å². The van der Waals surface area contributed by atoms with Gasteiger partial charge in [0.2, 0.25) is 0 Å². The van der Waals surface area contributed by atoms with Crippen LogP contribution in [0.25, 0.3) is 0 Å². The lowest BCUT2D eigenvalue weighted by Crippen LogP contribution is -2.18. The fourth-order valence-corrected chi connectivity index (χ4v) is 2.47. The summed E-state index contributed by atoms with van der Waals surface area (Å²) in [7, 11) is 5.49. The van der Waals surface area contributed by atoms with Gasteiger partial charge in [0.15, 0.2) is 0 Å². The van der Waals surface area contributed by atoms with Crippen LogP contribution in [-0.2, 0) is 0 Å². The Morgan fingerprint density at radius 2 is 2.00 bits per heavy atom. The summed E-state index contributed by atoms with van der Waals surface area (Å²) in [5, 5.41) is 18.3. The lowest BCUT2D eigenvalue weighted by molar-refractivity contribution is 0.415. The second-order valence-corrected chi connectivity index (χ2v) is 5.25. The quantitative estimate of drug-likeness (QED) is 0.800. The molecule has 0 aromatic heterocycles. The Bertz CT molecular complexity index is 688. The first-order valence-corrected chi connectivity index (χ1v) is 6.89. The highest BCUT2D eigenvalue weighted by molar-refractivity contribution is 5.62. The van der Waals surface area contributed by atoms with Gasteiger partial charge in [0, 0.05) is 50.7 Å². The Hall–Kier alpha value is -2.92. The number of methoxy groups -OCH3 is 1. The first-order chi connectivity index (χ1) is 10.6. The van der Waals surface area contributed by atoms with E-state index in [2.05, 4.69) is 4.90 Å². The van der Waals surface area contributed by atoms with E-state index in [0.29, 0.717) is 13.1 Å². The van der Waals surface area contributed by atoms with Crippen molar-refractivity contribution >= 4 is 5.69 Å². The van der Waals surface area contributed by atoms with Crippen molar-refractivity contribution in [1.29, 1.82) is 10.5 Å². The van der Waals surface area contributed by atoms with Gasteiger partial charge < -0.3 is 14.5 Å². The van der Waals surface area contributed by atoms with Gasteiger partial charge in [-0.1, -0.05) is 6.07 Å². The molecule has 0 bridgehead atoms. The monoisotopic (exact) mass is 294 g/mol. The molecule has 0 N–H and O–H groups in total. The molecular weight excluding hydrogens is 276 g/mol. The van der Waals surface area contributed by atoms with Gasteiger partial charge in [0.1, 0.15) is 23.5 Å². The third kappa shape index (κ3) is 3.21. The summed E-state index contributed by atoms with van der Waals surface area (Å²) in [6, 6.07) is 11.8. The van der Waals surface area contributed by atoms with Crippen molar-refractivity contribution in [1.82, 2.24) is 4.90 Å².